The number of amides is 1. The Morgan fingerprint density at radius 1 is 1.11 bits per heavy atom. The normalized spacial score (nSPS) is 17.3. The van der Waals surface area contributed by atoms with Crippen molar-refractivity contribution >= 4 is 60.1 Å². The number of nitrogens with zero attached hydrogens (tertiary/aromatic N) is 2. The number of methoxy groups -OCH3 is 1. The Bertz CT molecular complexity index is 1490. The zero-order valence-electron chi connectivity index (χ0n) is 19.0. The minimum atomic E-state index is -0.833. The number of thiazole rings is 1. The van der Waals surface area contributed by atoms with E-state index in [0.717, 1.165) is 26.7 Å². The fourth-order valence-electron chi connectivity index (χ4n) is 4.21. The quantitative estimate of drug-likeness (QED) is 0.181. The third-order valence-corrected chi connectivity index (χ3v) is 7.54. The molecule has 35 heavy (non-hydrogen) atoms. The number of Topliss-reactive ketones (excluding diaryl/α,β-unsaturated/α-hetero) is 1. The average Bonchev–Trinajstić information content (AvgIpc) is 3.41. The van der Waals surface area contributed by atoms with Gasteiger partial charge in [0.15, 0.2) is 5.13 Å². The summed E-state index contributed by atoms with van der Waals surface area (Å²) >= 11 is 4.84. The minimum Gasteiger partial charge on any atom is -0.507 e. The molecule has 4 aromatic rings. The second kappa shape index (κ2) is 9.28. The van der Waals surface area contributed by atoms with Crippen molar-refractivity contribution in [3.05, 3.63) is 93.5 Å². The van der Waals surface area contributed by atoms with E-state index < -0.39 is 17.7 Å². The van der Waals surface area contributed by atoms with Gasteiger partial charge in [0.1, 0.15) is 11.5 Å². The van der Waals surface area contributed by atoms with E-state index in [0.29, 0.717) is 22.0 Å². The molecule has 0 radical (unpaired) electrons. The van der Waals surface area contributed by atoms with Gasteiger partial charge in [-0.15, -0.1) is 0 Å². The highest BCUT2D eigenvalue weighted by molar-refractivity contribution is 9.10. The highest BCUT2D eigenvalue weighted by atomic mass is 79.9. The van der Waals surface area contributed by atoms with Gasteiger partial charge in [0.05, 0.1) is 28.9 Å². The number of rotatable bonds is 5. The predicted octanol–water partition coefficient (Wildman–Crippen LogP) is 6.26. The maximum absolute atomic E-state index is 13.4. The maximum Gasteiger partial charge on any atom is 0.301 e. The summed E-state index contributed by atoms with van der Waals surface area (Å²) < 4.78 is 6.93. The van der Waals surface area contributed by atoms with Crippen LogP contribution in [0, 0.1) is 0 Å². The van der Waals surface area contributed by atoms with Gasteiger partial charge in [-0.1, -0.05) is 52.4 Å². The Morgan fingerprint density at radius 3 is 2.57 bits per heavy atom. The van der Waals surface area contributed by atoms with Crippen molar-refractivity contribution in [2.24, 2.45) is 0 Å². The van der Waals surface area contributed by atoms with Gasteiger partial charge in [-0.05, 0) is 66.1 Å². The second-order valence-electron chi connectivity index (χ2n) is 8.10. The molecule has 0 spiro atoms. The van der Waals surface area contributed by atoms with Crippen molar-refractivity contribution in [1.29, 1.82) is 0 Å². The molecule has 1 aliphatic heterocycles. The Kier molecular flexibility index (Phi) is 6.17. The summed E-state index contributed by atoms with van der Waals surface area (Å²) in [6, 6.07) is 19.2. The number of hydrogen-bond acceptors (Lipinski definition) is 6. The molecule has 1 saturated heterocycles. The van der Waals surface area contributed by atoms with Crippen molar-refractivity contribution in [3.8, 4) is 5.75 Å². The number of hydrogen-bond donors (Lipinski definition) is 1. The molecule has 6 nitrogen and oxygen atoms in total. The molecule has 1 atom stereocenters. The molecule has 2 heterocycles. The van der Waals surface area contributed by atoms with Gasteiger partial charge in [0.25, 0.3) is 5.78 Å². The molecule has 0 bridgehead atoms. The third-order valence-electron chi connectivity index (χ3n) is 6.03. The Morgan fingerprint density at radius 2 is 1.89 bits per heavy atom. The van der Waals surface area contributed by atoms with Crippen LogP contribution in [0.4, 0.5) is 5.13 Å². The van der Waals surface area contributed by atoms with Crippen molar-refractivity contribution in [1.82, 2.24) is 4.98 Å². The number of ether oxygens (including phenoxy) is 1. The van der Waals surface area contributed by atoms with Gasteiger partial charge < -0.3 is 9.84 Å². The van der Waals surface area contributed by atoms with Crippen LogP contribution in [0.1, 0.15) is 29.7 Å². The van der Waals surface area contributed by atoms with E-state index in [2.05, 4.69) is 33.9 Å². The van der Waals surface area contributed by atoms with Gasteiger partial charge in [0, 0.05) is 10.0 Å². The number of aromatic nitrogens is 1. The topological polar surface area (TPSA) is 79.7 Å². The summed E-state index contributed by atoms with van der Waals surface area (Å²) in [5.74, 6) is -1.10. The molecular weight excluding hydrogens is 528 g/mol. The first-order valence-corrected chi connectivity index (χ1v) is 12.6. The largest absolute Gasteiger partial charge is 0.507 e. The Balaban J connectivity index is 1.70. The van der Waals surface area contributed by atoms with Crippen LogP contribution in [0.15, 0.2) is 76.8 Å². The van der Waals surface area contributed by atoms with Crippen LogP contribution in [0.25, 0.3) is 16.0 Å². The highest BCUT2D eigenvalue weighted by Gasteiger charge is 2.48. The van der Waals surface area contributed by atoms with E-state index in [1.807, 2.05) is 36.4 Å². The molecule has 0 saturated carbocycles. The van der Waals surface area contributed by atoms with E-state index in [4.69, 9.17) is 4.74 Å². The first-order chi connectivity index (χ1) is 16.9. The van der Waals surface area contributed by atoms with Crippen LogP contribution in [-0.2, 0) is 16.0 Å². The van der Waals surface area contributed by atoms with Gasteiger partial charge in [0.2, 0.25) is 0 Å². The van der Waals surface area contributed by atoms with Gasteiger partial charge in [-0.25, -0.2) is 4.98 Å². The Labute approximate surface area is 214 Å². The van der Waals surface area contributed by atoms with Crippen LogP contribution in [-0.4, -0.2) is 28.9 Å². The van der Waals surface area contributed by atoms with Crippen LogP contribution in [0.2, 0.25) is 0 Å². The number of fused-ring (bicyclic) bond motifs is 1. The van der Waals surface area contributed by atoms with Crippen molar-refractivity contribution < 1.29 is 19.4 Å². The fourth-order valence-corrected chi connectivity index (χ4v) is 5.68. The molecule has 1 amide bonds. The molecule has 1 aromatic heterocycles. The summed E-state index contributed by atoms with van der Waals surface area (Å²) in [6.45, 7) is 2.08. The number of ketones is 1. The van der Waals surface area contributed by atoms with Gasteiger partial charge in [-0.2, -0.15) is 0 Å². The van der Waals surface area contributed by atoms with E-state index >= 15 is 0 Å². The summed E-state index contributed by atoms with van der Waals surface area (Å²) in [5, 5.41) is 11.7. The minimum absolute atomic E-state index is 0.0202. The molecular formula is C27H21BrN2O4S. The van der Waals surface area contributed by atoms with E-state index in [9.17, 15) is 14.7 Å². The van der Waals surface area contributed by atoms with Crippen molar-refractivity contribution in [3.63, 3.8) is 0 Å². The lowest BCUT2D eigenvalue weighted by Crippen LogP contribution is -2.29. The van der Waals surface area contributed by atoms with Crippen LogP contribution in [0.3, 0.4) is 0 Å². The number of halogens is 1. The molecule has 1 aliphatic rings. The maximum atomic E-state index is 13.4. The summed E-state index contributed by atoms with van der Waals surface area (Å²) in [4.78, 5) is 32.8. The molecule has 5 rings (SSSR count). The number of benzene rings is 3. The van der Waals surface area contributed by atoms with E-state index in [1.54, 1.807) is 31.4 Å². The highest BCUT2D eigenvalue weighted by Crippen LogP contribution is 2.44. The van der Waals surface area contributed by atoms with Gasteiger partial charge in [-0.3, -0.25) is 14.5 Å². The number of aliphatic hydroxyl groups excluding tert-OH is 1. The third kappa shape index (κ3) is 4.13. The molecule has 1 N–H and O–H groups in total. The number of aryl methyl sites for hydroxylation is 1. The smallest absolute Gasteiger partial charge is 0.301 e. The van der Waals surface area contributed by atoms with Crippen LogP contribution in [0.5, 0.6) is 5.75 Å². The fraction of sp³-hybridized carbons (Fsp3) is 0.148. The molecule has 0 unspecified atom stereocenters. The zero-order valence-corrected chi connectivity index (χ0v) is 21.4. The molecule has 3 aromatic carbocycles. The number of aliphatic hydroxyl groups is 1. The summed E-state index contributed by atoms with van der Waals surface area (Å²) in [7, 11) is 1.55. The summed E-state index contributed by atoms with van der Waals surface area (Å²) in [6.07, 6.45) is 0.883. The van der Waals surface area contributed by atoms with E-state index in [1.165, 1.54) is 16.2 Å². The Hall–Kier alpha value is -3.49. The SMILES string of the molecule is CCc1ccc2nc(N3C(=O)C(=O)C(=C(O)c4ccc(OC)cc4)[C@H]3c3cccc(Br)c3)sc2c1. The van der Waals surface area contributed by atoms with Crippen LogP contribution >= 0.6 is 27.3 Å². The first kappa shape index (κ1) is 23.3. The lowest BCUT2D eigenvalue weighted by Gasteiger charge is -2.23. The number of carbonyl (C=O) groups excluding carboxylic acids is 2. The lowest BCUT2D eigenvalue weighted by molar-refractivity contribution is -0.132. The first-order valence-electron chi connectivity index (χ1n) is 11.0. The van der Waals surface area contributed by atoms with Crippen LogP contribution < -0.4 is 9.64 Å². The lowest BCUT2D eigenvalue weighted by atomic mass is 9.95. The number of anilines is 1. The summed E-state index contributed by atoms with van der Waals surface area (Å²) in [5.41, 5.74) is 3.04. The molecule has 1 fully saturated rings. The van der Waals surface area contributed by atoms with Crippen molar-refractivity contribution in [2.45, 2.75) is 19.4 Å². The number of carbonyl (C=O) groups is 2. The van der Waals surface area contributed by atoms with E-state index in [-0.39, 0.29) is 11.3 Å². The monoisotopic (exact) mass is 548 g/mol. The zero-order chi connectivity index (χ0) is 24.7. The predicted molar refractivity (Wildman–Crippen MR) is 141 cm³/mol. The standard InChI is InChI=1S/C27H21BrN2O4S/c1-3-15-7-12-20-21(13-15)35-27(29-20)30-23(17-5-4-6-18(28)14-17)22(25(32)26(30)33)24(31)16-8-10-19(34-2)11-9-16/h4-14,23,31H,3H2,1-2H3/t23-/m1/s1. The second-order valence-corrected chi connectivity index (χ2v) is 10.0. The van der Waals surface area contributed by atoms with Crippen molar-refractivity contribution in [2.75, 3.05) is 12.0 Å². The van der Waals surface area contributed by atoms with Gasteiger partial charge >= 0.3 is 5.91 Å². The molecule has 0 aliphatic carbocycles. The molecule has 8 heteroatoms. The average molecular weight is 549 g/mol. The molecule has 176 valence electrons.